The Kier molecular flexibility index (Phi) is 7.86. The number of nitrogens with two attached hydrogens (primary N) is 1. The number of halogens is 4. The molecule has 31 heavy (non-hydrogen) atoms. The van der Waals surface area contributed by atoms with Crippen molar-refractivity contribution < 1.29 is 13.2 Å². The first-order valence-corrected chi connectivity index (χ1v) is 11.5. The highest BCUT2D eigenvalue weighted by Gasteiger charge is 2.33. The zero-order chi connectivity index (χ0) is 22.6. The van der Waals surface area contributed by atoms with Crippen molar-refractivity contribution in [1.82, 2.24) is 10.2 Å². The molecule has 2 bridgehead atoms. The summed E-state index contributed by atoms with van der Waals surface area (Å²) in [5, 5.41) is 3.51. The molecule has 1 fully saturated rings. The molecule has 3 heterocycles. The molecule has 4 rings (SSSR count). The Morgan fingerprint density at radius 2 is 1.97 bits per heavy atom. The predicted octanol–water partition coefficient (Wildman–Crippen LogP) is 5.27. The summed E-state index contributed by atoms with van der Waals surface area (Å²) in [6, 6.07) is 4.70. The molecule has 8 heteroatoms. The Morgan fingerprint density at radius 3 is 2.61 bits per heavy atom. The Labute approximate surface area is 190 Å². The number of amidine groups is 1. The summed E-state index contributed by atoms with van der Waals surface area (Å²) >= 11 is 3.69. The van der Waals surface area contributed by atoms with E-state index >= 15 is 0 Å². The average Bonchev–Trinajstić information content (AvgIpc) is 2.69. The van der Waals surface area contributed by atoms with E-state index in [1.165, 1.54) is 13.0 Å². The fourth-order valence-electron chi connectivity index (χ4n) is 4.19. The zero-order valence-corrected chi connectivity index (χ0v) is 19.6. The van der Waals surface area contributed by atoms with Crippen LogP contribution in [0.1, 0.15) is 49.3 Å². The maximum absolute atomic E-state index is 13.4. The van der Waals surface area contributed by atoms with Crippen molar-refractivity contribution in [2.45, 2.75) is 58.2 Å². The second-order valence-corrected chi connectivity index (χ2v) is 9.28. The van der Waals surface area contributed by atoms with Gasteiger partial charge in [0, 0.05) is 36.2 Å². The highest BCUT2D eigenvalue weighted by molar-refractivity contribution is 9.11. The molecule has 0 amide bonds. The maximum Gasteiger partial charge on any atom is 0.416 e. The number of nitrogens with one attached hydrogen (secondary N) is 1. The van der Waals surface area contributed by atoms with Gasteiger partial charge in [0.2, 0.25) is 0 Å². The van der Waals surface area contributed by atoms with E-state index in [9.17, 15) is 13.2 Å². The van der Waals surface area contributed by atoms with E-state index in [1.54, 1.807) is 13.0 Å². The quantitative estimate of drug-likeness (QED) is 0.440. The van der Waals surface area contributed by atoms with Crippen molar-refractivity contribution in [3.8, 4) is 0 Å². The Bertz CT molecular complexity index is 877. The number of aliphatic imine (C=N–C) groups is 1. The maximum atomic E-state index is 13.4. The SMILES string of the molecule is CC(N)=NC1=C(\Br)CCCN2CCC(CC2)N/C=C\1Cc1cccc(C(F)(F)F)c1C. The minimum atomic E-state index is -4.38. The molecule has 0 radical (unpaired) electrons. The highest BCUT2D eigenvalue weighted by Crippen LogP contribution is 2.35. The number of hydrogen-bond acceptors (Lipinski definition) is 3. The van der Waals surface area contributed by atoms with Crippen LogP contribution in [-0.4, -0.2) is 36.4 Å². The van der Waals surface area contributed by atoms with Gasteiger partial charge in [0.25, 0.3) is 0 Å². The van der Waals surface area contributed by atoms with Crippen molar-refractivity contribution >= 4 is 21.8 Å². The van der Waals surface area contributed by atoms with Crippen molar-refractivity contribution in [3.63, 3.8) is 0 Å². The van der Waals surface area contributed by atoms with E-state index in [2.05, 4.69) is 31.1 Å². The van der Waals surface area contributed by atoms with Gasteiger partial charge >= 0.3 is 6.18 Å². The van der Waals surface area contributed by atoms with E-state index in [0.29, 0.717) is 29.6 Å². The van der Waals surface area contributed by atoms with Crippen LogP contribution in [-0.2, 0) is 12.6 Å². The van der Waals surface area contributed by atoms with Crippen molar-refractivity contribution in [2.75, 3.05) is 19.6 Å². The molecular formula is C23H30BrF3N4. The minimum Gasteiger partial charge on any atom is -0.388 e. The van der Waals surface area contributed by atoms with Gasteiger partial charge in [-0.3, -0.25) is 0 Å². The highest BCUT2D eigenvalue weighted by atomic mass is 79.9. The molecular weight excluding hydrogens is 469 g/mol. The van der Waals surface area contributed by atoms with E-state index in [1.807, 2.05) is 6.20 Å². The monoisotopic (exact) mass is 498 g/mol. The normalized spacial score (nSPS) is 27.7. The second-order valence-electron chi connectivity index (χ2n) is 8.33. The van der Waals surface area contributed by atoms with Crippen LogP contribution >= 0.6 is 15.9 Å². The molecule has 1 aromatic carbocycles. The third-order valence-corrected chi connectivity index (χ3v) is 6.71. The predicted molar refractivity (Wildman–Crippen MR) is 123 cm³/mol. The molecule has 3 aliphatic rings. The zero-order valence-electron chi connectivity index (χ0n) is 18.0. The van der Waals surface area contributed by atoms with Crippen LogP contribution in [0.25, 0.3) is 0 Å². The molecule has 0 spiro atoms. The average molecular weight is 499 g/mol. The summed E-state index contributed by atoms with van der Waals surface area (Å²) in [4.78, 5) is 7.05. The number of fused-ring (bicyclic) bond motifs is 7. The number of alkyl halides is 3. The second kappa shape index (κ2) is 10.2. The molecule has 0 saturated carbocycles. The summed E-state index contributed by atoms with van der Waals surface area (Å²) < 4.78 is 41.2. The van der Waals surface area contributed by atoms with Gasteiger partial charge in [0.05, 0.1) is 17.1 Å². The number of rotatable bonds is 3. The number of allylic oxidation sites excluding steroid dienone is 2. The molecule has 170 valence electrons. The molecule has 4 nitrogen and oxygen atoms in total. The summed E-state index contributed by atoms with van der Waals surface area (Å²) in [7, 11) is 0. The third kappa shape index (κ3) is 6.35. The van der Waals surface area contributed by atoms with E-state index in [4.69, 9.17) is 5.73 Å². The largest absolute Gasteiger partial charge is 0.416 e. The van der Waals surface area contributed by atoms with Crippen LogP contribution in [0.3, 0.4) is 0 Å². The summed E-state index contributed by atoms with van der Waals surface area (Å²) in [6.45, 7) is 6.39. The van der Waals surface area contributed by atoms with Gasteiger partial charge in [-0.2, -0.15) is 13.2 Å². The molecule has 3 aliphatic heterocycles. The van der Waals surface area contributed by atoms with Crippen LogP contribution in [0.15, 0.2) is 45.1 Å². The molecule has 1 aromatic rings. The van der Waals surface area contributed by atoms with Gasteiger partial charge in [-0.1, -0.05) is 28.1 Å². The van der Waals surface area contributed by atoms with Gasteiger partial charge in [-0.25, -0.2) is 4.99 Å². The number of nitrogens with zero attached hydrogens (tertiary/aromatic N) is 2. The molecule has 0 aromatic heterocycles. The lowest BCUT2D eigenvalue weighted by molar-refractivity contribution is -0.138. The number of benzene rings is 1. The first-order chi connectivity index (χ1) is 14.6. The minimum absolute atomic E-state index is 0.249. The van der Waals surface area contributed by atoms with E-state index < -0.39 is 11.7 Å². The summed E-state index contributed by atoms with van der Waals surface area (Å²) in [6.07, 6.45) is 1.77. The Balaban J connectivity index is 2.03. The van der Waals surface area contributed by atoms with Crippen LogP contribution in [0.4, 0.5) is 13.2 Å². The number of piperidine rings is 1. The first kappa shape index (κ1) is 23.9. The van der Waals surface area contributed by atoms with Crippen LogP contribution in [0.2, 0.25) is 0 Å². The van der Waals surface area contributed by atoms with Crippen molar-refractivity contribution in [2.24, 2.45) is 10.7 Å². The molecule has 1 saturated heterocycles. The Morgan fingerprint density at radius 1 is 1.26 bits per heavy atom. The lowest BCUT2D eigenvalue weighted by Gasteiger charge is -2.33. The van der Waals surface area contributed by atoms with Crippen molar-refractivity contribution in [3.05, 3.63) is 56.8 Å². The van der Waals surface area contributed by atoms with Gasteiger partial charge in [-0.05, 0) is 68.8 Å². The fourth-order valence-corrected chi connectivity index (χ4v) is 4.82. The lowest BCUT2D eigenvalue weighted by atomic mass is 9.94. The molecule has 0 unspecified atom stereocenters. The van der Waals surface area contributed by atoms with Gasteiger partial charge < -0.3 is 16.0 Å². The molecule has 3 N–H and O–H groups in total. The molecule has 0 atom stereocenters. The standard InChI is InChI=1S/C23H30BrF3N4/c1-15-17(5-3-6-20(15)23(25,26)27)13-18-14-29-19-8-11-31(12-9-19)10-4-7-21(24)22(18)30-16(2)28/h3,5-6,14,19,29H,4,7-13H2,1-2H3,(H2,28,30)/b18-14-,22-21-. The van der Waals surface area contributed by atoms with Crippen LogP contribution < -0.4 is 11.1 Å². The van der Waals surface area contributed by atoms with Crippen molar-refractivity contribution in [1.29, 1.82) is 0 Å². The summed E-state index contributed by atoms with van der Waals surface area (Å²) in [5.41, 5.74) is 7.74. The van der Waals surface area contributed by atoms with E-state index in [0.717, 1.165) is 61.4 Å². The number of hydrogen-bond donors (Lipinski definition) is 2. The fraction of sp³-hybridized carbons (Fsp3) is 0.522. The lowest BCUT2D eigenvalue weighted by Crippen LogP contribution is -2.41. The van der Waals surface area contributed by atoms with Gasteiger partial charge in [0.15, 0.2) is 0 Å². The molecule has 0 aliphatic carbocycles. The smallest absolute Gasteiger partial charge is 0.388 e. The Hall–Kier alpha value is -1.80. The van der Waals surface area contributed by atoms with Gasteiger partial charge in [0.1, 0.15) is 0 Å². The topological polar surface area (TPSA) is 53.6 Å². The first-order valence-electron chi connectivity index (χ1n) is 10.7. The van der Waals surface area contributed by atoms with Gasteiger partial charge in [-0.15, -0.1) is 0 Å². The third-order valence-electron chi connectivity index (χ3n) is 5.93. The van der Waals surface area contributed by atoms with Crippen LogP contribution in [0, 0.1) is 6.92 Å². The summed E-state index contributed by atoms with van der Waals surface area (Å²) in [5.74, 6) is 0.413. The van der Waals surface area contributed by atoms with E-state index in [-0.39, 0.29) is 5.56 Å². The van der Waals surface area contributed by atoms with Crippen LogP contribution in [0.5, 0.6) is 0 Å².